The minimum absolute atomic E-state index is 0.162. The lowest BCUT2D eigenvalue weighted by Gasteiger charge is -2.33. The molecule has 1 amide bonds. The highest BCUT2D eigenvalue weighted by Crippen LogP contribution is 2.13. The summed E-state index contributed by atoms with van der Waals surface area (Å²) in [5.41, 5.74) is 0. The third-order valence-corrected chi connectivity index (χ3v) is 4.26. The van der Waals surface area contributed by atoms with E-state index >= 15 is 0 Å². The molecule has 1 saturated heterocycles. The maximum absolute atomic E-state index is 11.5. The van der Waals surface area contributed by atoms with Crippen molar-refractivity contribution in [1.82, 2.24) is 10.2 Å². The van der Waals surface area contributed by atoms with Gasteiger partial charge < -0.3 is 15.0 Å². The highest BCUT2D eigenvalue weighted by atomic mass is 32.2. The monoisotopic (exact) mass is 274 g/mol. The van der Waals surface area contributed by atoms with Crippen molar-refractivity contribution in [3.8, 4) is 0 Å². The molecular weight excluding hydrogens is 248 g/mol. The minimum atomic E-state index is -0.162. The number of nitrogens with one attached hydrogen (secondary N) is 1. The van der Waals surface area contributed by atoms with Crippen LogP contribution in [0.4, 0.5) is 4.79 Å². The van der Waals surface area contributed by atoms with E-state index in [-0.39, 0.29) is 6.09 Å². The van der Waals surface area contributed by atoms with Gasteiger partial charge in [0.05, 0.1) is 6.61 Å². The Morgan fingerprint density at radius 3 is 2.67 bits per heavy atom. The number of hydrogen-bond acceptors (Lipinski definition) is 4. The molecule has 4 nitrogen and oxygen atoms in total. The van der Waals surface area contributed by atoms with Gasteiger partial charge in [0.2, 0.25) is 0 Å². The van der Waals surface area contributed by atoms with Crippen LogP contribution in [-0.2, 0) is 4.74 Å². The second-order valence-corrected chi connectivity index (χ2v) is 6.01. The van der Waals surface area contributed by atoms with Crippen LogP contribution in [0.5, 0.6) is 0 Å². The molecule has 1 heterocycles. The fourth-order valence-electron chi connectivity index (χ4n) is 2.19. The zero-order valence-electron chi connectivity index (χ0n) is 11.8. The van der Waals surface area contributed by atoms with Crippen LogP contribution in [0.1, 0.15) is 33.6 Å². The zero-order chi connectivity index (χ0) is 13.4. The highest BCUT2D eigenvalue weighted by Gasteiger charge is 2.24. The zero-order valence-corrected chi connectivity index (χ0v) is 12.6. The highest BCUT2D eigenvalue weighted by molar-refractivity contribution is 7.99. The molecule has 0 bridgehead atoms. The lowest BCUT2D eigenvalue weighted by atomic mass is 10.0. The first-order chi connectivity index (χ1) is 8.67. The summed E-state index contributed by atoms with van der Waals surface area (Å²) < 4.78 is 5.01. The van der Waals surface area contributed by atoms with Crippen LogP contribution in [-0.4, -0.2) is 54.3 Å². The molecule has 1 atom stereocenters. The summed E-state index contributed by atoms with van der Waals surface area (Å²) in [6.07, 6.45) is 1.89. The number of ether oxygens (including phenoxy) is 1. The van der Waals surface area contributed by atoms with E-state index in [1.165, 1.54) is 5.75 Å². The van der Waals surface area contributed by atoms with Crippen molar-refractivity contribution in [2.24, 2.45) is 0 Å². The van der Waals surface area contributed by atoms with Gasteiger partial charge in [-0.3, -0.25) is 0 Å². The second-order valence-electron chi connectivity index (χ2n) is 4.69. The van der Waals surface area contributed by atoms with E-state index in [0.717, 1.165) is 31.7 Å². The average molecular weight is 274 g/mol. The molecule has 0 saturated carbocycles. The SMILES string of the molecule is CCOC(=O)N1CCC(NC(C)CSCC)CC1. The largest absolute Gasteiger partial charge is 0.450 e. The van der Waals surface area contributed by atoms with E-state index in [2.05, 4.69) is 19.2 Å². The molecule has 0 aromatic carbocycles. The average Bonchev–Trinajstić information content (AvgIpc) is 2.37. The summed E-state index contributed by atoms with van der Waals surface area (Å²) in [7, 11) is 0. The number of amides is 1. The number of likely N-dealkylation sites (tertiary alicyclic amines) is 1. The third kappa shape index (κ3) is 5.48. The maximum atomic E-state index is 11.5. The molecule has 0 aliphatic carbocycles. The van der Waals surface area contributed by atoms with Crippen LogP contribution in [0.15, 0.2) is 0 Å². The van der Waals surface area contributed by atoms with Crippen molar-refractivity contribution in [2.45, 2.75) is 45.7 Å². The molecule has 106 valence electrons. The lowest BCUT2D eigenvalue weighted by Crippen LogP contribution is -2.47. The number of hydrogen-bond donors (Lipinski definition) is 1. The van der Waals surface area contributed by atoms with Gasteiger partial charge in [-0.1, -0.05) is 6.92 Å². The molecule has 18 heavy (non-hydrogen) atoms. The first-order valence-electron chi connectivity index (χ1n) is 6.92. The first kappa shape index (κ1) is 15.6. The minimum Gasteiger partial charge on any atom is -0.450 e. The number of carbonyl (C=O) groups excluding carboxylic acids is 1. The molecule has 1 aliphatic rings. The van der Waals surface area contributed by atoms with Crippen LogP contribution >= 0.6 is 11.8 Å². The standard InChI is InChI=1S/C13H26N2O2S/c1-4-17-13(16)15-8-6-12(7-9-15)14-11(3)10-18-5-2/h11-12,14H,4-10H2,1-3H3. The molecule has 0 aromatic rings. The summed E-state index contributed by atoms with van der Waals surface area (Å²) in [6, 6.07) is 1.09. The van der Waals surface area contributed by atoms with Crippen LogP contribution in [0.3, 0.4) is 0 Å². The molecule has 0 spiro atoms. The van der Waals surface area contributed by atoms with E-state index in [1.54, 1.807) is 0 Å². The fourth-order valence-corrected chi connectivity index (χ4v) is 2.87. The predicted molar refractivity (Wildman–Crippen MR) is 77.2 cm³/mol. The summed E-state index contributed by atoms with van der Waals surface area (Å²) in [5, 5.41) is 3.65. The van der Waals surface area contributed by atoms with Crippen LogP contribution < -0.4 is 5.32 Å². The number of piperidine rings is 1. The molecule has 1 unspecified atom stereocenters. The van der Waals surface area contributed by atoms with Crippen molar-refractivity contribution in [2.75, 3.05) is 31.2 Å². The van der Waals surface area contributed by atoms with Crippen molar-refractivity contribution in [1.29, 1.82) is 0 Å². The van der Waals surface area contributed by atoms with Crippen LogP contribution in [0.25, 0.3) is 0 Å². The molecule has 0 radical (unpaired) electrons. The van der Waals surface area contributed by atoms with Gasteiger partial charge in [0.1, 0.15) is 0 Å². The smallest absolute Gasteiger partial charge is 0.409 e. The van der Waals surface area contributed by atoms with Gasteiger partial charge in [0, 0.05) is 30.9 Å². The number of rotatable bonds is 6. The van der Waals surface area contributed by atoms with E-state index < -0.39 is 0 Å². The molecular formula is C13H26N2O2S. The Labute approximate surface area is 115 Å². The van der Waals surface area contributed by atoms with Crippen molar-refractivity contribution < 1.29 is 9.53 Å². The molecule has 1 N–H and O–H groups in total. The quantitative estimate of drug-likeness (QED) is 0.807. The van der Waals surface area contributed by atoms with Crippen molar-refractivity contribution in [3.63, 3.8) is 0 Å². The molecule has 1 fully saturated rings. The van der Waals surface area contributed by atoms with E-state index in [0.29, 0.717) is 18.7 Å². The Kier molecular flexibility index (Phi) is 7.51. The van der Waals surface area contributed by atoms with E-state index in [1.807, 2.05) is 23.6 Å². The van der Waals surface area contributed by atoms with E-state index in [9.17, 15) is 4.79 Å². The summed E-state index contributed by atoms with van der Waals surface area (Å²) in [5.74, 6) is 2.34. The predicted octanol–water partition coefficient (Wildman–Crippen LogP) is 2.34. The Hall–Kier alpha value is -0.420. The van der Waals surface area contributed by atoms with Gasteiger partial charge in [-0.25, -0.2) is 4.79 Å². The fraction of sp³-hybridized carbons (Fsp3) is 0.923. The van der Waals surface area contributed by atoms with Gasteiger partial charge in [-0.2, -0.15) is 11.8 Å². The third-order valence-electron chi connectivity index (χ3n) is 3.11. The first-order valence-corrected chi connectivity index (χ1v) is 8.08. The maximum Gasteiger partial charge on any atom is 0.409 e. The number of carbonyl (C=O) groups is 1. The van der Waals surface area contributed by atoms with Gasteiger partial charge in [-0.15, -0.1) is 0 Å². The summed E-state index contributed by atoms with van der Waals surface area (Å²) in [6.45, 7) is 8.35. The molecule has 5 heteroatoms. The molecule has 1 rings (SSSR count). The number of nitrogens with zero attached hydrogens (tertiary/aromatic N) is 1. The topological polar surface area (TPSA) is 41.6 Å². The van der Waals surface area contributed by atoms with Crippen molar-refractivity contribution in [3.05, 3.63) is 0 Å². The van der Waals surface area contributed by atoms with Gasteiger partial charge in [0.15, 0.2) is 0 Å². The molecule has 0 aromatic heterocycles. The van der Waals surface area contributed by atoms with Crippen LogP contribution in [0, 0.1) is 0 Å². The Morgan fingerprint density at radius 1 is 1.44 bits per heavy atom. The summed E-state index contributed by atoms with van der Waals surface area (Å²) >= 11 is 1.97. The van der Waals surface area contributed by atoms with E-state index in [4.69, 9.17) is 4.74 Å². The Balaban J connectivity index is 2.20. The Morgan fingerprint density at radius 2 is 2.11 bits per heavy atom. The second kappa shape index (κ2) is 8.64. The molecule has 1 aliphatic heterocycles. The summed E-state index contributed by atoms with van der Waals surface area (Å²) in [4.78, 5) is 13.4. The Bertz CT molecular complexity index is 243. The van der Waals surface area contributed by atoms with Crippen molar-refractivity contribution >= 4 is 17.9 Å². The van der Waals surface area contributed by atoms with Gasteiger partial charge >= 0.3 is 6.09 Å². The van der Waals surface area contributed by atoms with Crippen LogP contribution in [0.2, 0.25) is 0 Å². The number of thioether (sulfide) groups is 1. The van der Waals surface area contributed by atoms with Gasteiger partial charge in [0.25, 0.3) is 0 Å². The van der Waals surface area contributed by atoms with Gasteiger partial charge in [-0.05, 0) is 32.4 Å². The lowest BCUT2D eigenvalue weighted by molar-refractivity contribution is 0.0946. The normalized spacial score (nSPS) is 18.7.